The van der Waals surface area contributed by atoms with Crippen LogP contribution >= 0.6 is 0 Å². The van der Waals surface area contributed by atoms with Crippen molar-refractivity contribution in [2.45, 2.75) is 12.5 Å². The second-order valence-corrected chi connectivity index (χ2v) is 4.11. The molecule has 0 fully saturated rings. The lowest BCUT2D eigenvalue weighted by Crippen LogP contribution is -2.37. The number of carbonyl (C=O) groups excluding carboxylic acids is 1. The zero-order valence-corrected chi connectivity index (χ0v) is 10.00. The molecule has 100 valence electrons. The van der Waals surface area contributed by atoms with Gasteiger partial charge in [0.25, 0.3) is 0 Å². The molecule has 7 nitrogen and oxygen atoms in total. The number of benzene rings is 1. The van der Waals surface area contributed by atoms with Crippen molar-refractivity contribution >= 4 is 11.6 Å². The van der Waals surface area contributed by atoms with Crippen molar-refractivity contribution in [3.8, 4) is 11.5 Å². The van der Waals surface area contributed by atoms with Gasteiger partial charge in [-0.1, -0.05) is 6.07 Å². The van der Waals surface area contributed by atoms with Crippen molar-refractivity contribution in [2.75, 3.05) is 5.32 Å². The predicted octanol–water partition coefficient (Wildman–Crippen LogP) is 0.329. The normalized spacial score (nSPS) is 12.1. The molecular weight excluding hydrogens is 248 g/mol. The summed E-state index contributed by atoms with van der Waals surface area (Å²) in [5.74, 6) is -0.797. The SMILES string of the molecule is N[C@@H](Cc1ccc(O)c(O)c1)C(=O)Nc1cn[nH]c1. The summed E-state index contributed by atoms with van der Waals surface area (Å²) in [6, 6.07) is 3.56. The summed E-state index contributed by atoms with van der Waals surface area (Å²) in [6.45, 7) is 0. The molecule has 0 aliphatic heterocycles. The zero-order chi connectivity index (χ0) is 13.8. The van der Waals surface area contributed by atoms with Crippen molar-refractivity contribution in [3.63, 3.8) is 0 Å². The number of phenolic OH excluding ortho intramolecular Hbond substituents is 2. The Kier molecular flexibility index (Phi) is 3.67. The Morgan fingerprint density at radius 1 is 1.42 bits per heavy atom. The molecule has 0 saturated heterocycles. The van der Waals surface area contributed by atoms with E-state index in [1.165, 1.54) is 24.5 Å². The average molecular weight is 262 g/mol. The van der Waals surface area contributed by atoms with Crippen LogP contribution in [0, 0.1) is 0 Å². The van der Waals surface area contributed by atoms with Gasteiger partial charge in [-0.15, -0.1) is 0 Å². The molecule has 0 saturated carbocycles. The molecule has 0 radical (unpaired) electrons. The Morgan fingerprint density at radius 2 is 2.21 bits per heavy atom. The molecule has 6 N–H and O–H groups in total. The summed E-state index contributed by atoms with van der Waals surface area (Å²) >= 11 is 0. The molecule has 7 heteroatoms. The highest BCUT2D eigenvalue weighted by atomic mass is 16.3. The topological polar surface area (TPSA) is 124 Å². The number of nitrogens with two attached hydrogens (primary N) is 1. The molecule has 0 aliphatic carbocycles. The molecule has 1 heterocycles. The van der Waals surface area contributed by atoms with E-state index in [0.717, 1.165) is 0 Å². The average Bonchev–Trinajstić information content (AvgIpc) is 2.86. The summed E-state index contributed by atoms with van der Waals surface area (Å²) in [4.78, 5) is 11.8. The molecule has 1 aromatic heterocycles. The van der Waals surface area contributed by atoms with Gasteiger partial charge in [-0.25, -0.2) is 0 Å². The maximum Gasteiger partial charge on any atom is 0.241 e. The van der Waals surface area contributed by atoms with E-state index in [4.69, 9.17) is 5.73 Å². The number of hydrogen-bond acceptors (Lipinski definition) is 5. The van der Waals surface area contributed by atoms with Crippen LogP contribution in [0.25, 0.3) is 0 Å². The van der Waals surface area contributed by atoms with Crippen LogP contribution in [0.2, 0.25) is 0 Å². The van der Waals surface area contributed by atoms with Gasteiger partial charge in [0, 0.05) is 6.20 Å². The molecule has 2 rings (SSSR count). The quantitative estimate of drug-likeness (QED) is 0.508. The van der Waals surface area contributed by atoms with Crippen molar-refractivity contribution in [3.05, 3.63) is 36.2 Å². The highest BCUT2D eigenvalue weighted by Crippen LogP contribution is 2.25. The van der Waals surface area contributed by atoms with Crippen LogP contribution in [-0.2, 0) is 11.2 Å². The minimum absolute atomic E-state index is 0.208. The fraction of sp³-hybridized carbons (Fsp3) is 0.167. The van der Waals surface area contributed by atoms with Crippen LogP contribution in [0.4, 0.5) is 5.69 Å². The van der Waals surface area contributed by atoms with Gasteiger partial charge < -0.3 is 21.3 Å². The highest BCUT2D eigenvalue weighted by Gasteiger charge is 2.15. The van der Waals surface area contributed by atoms with Crippen molar-refractivity contribution in [1.29, 1.82) is 0 Å². The van der Waals surface area contributed by atoms with Crippen LogP contribution in [0.3, 0.4) is 0 Å². The van der Waals surface area contributed by atoms with E-state index in [1.54, 1.807) is 6.07 Å². The van der Waals surface area contributed by atoms with Crippen molar-refractivity contribution < 1.29 is 15.0 Å². The van der Waals surface area contributed by atoms with Gasteiger partial charge in [-0.05, 0) is 24.1 Å². The third kappa shape index (κ3) is 3.23. The minimum Gasteiger partial charge on any atom is -0.504 e. The van der Waals surface area contributed by atoms with E-state index in [9.17, 15) is 15.0 Å². The lowest BCUT2D eigenvalue weighted by molar-refractivity contribution is -0.117. The van der Waals surface area contributed by atoms with E-state index in [0.29, 0.717) is 11.3 Å². The van der Waals surface area contributed by atoms with Crippen LogP contribution in [-0.4, -0.2) is 32.4 Å². The number of amides is 1. The second kappa shape index (κ2) is 5.40. The number of aromatic amines is 1. The first kappa shape index (κ1) is 12.9. The first-order valence-corrected chi connectivity index (χ1v) is 5.62. The molecule has 0 unspecified atom stereocenters. The van der Waals surface area contributed by atoms with Gasteiger partial charge in [0.1, 0.15) is 0 Å². The number of aromatic hydroxyl groups is 2. The van der Waals surface area contributed by atoms with Gasteiger partial charge >= 0.3 is 0 Å². The van der Waals surface area contributed by atoms with Crippen molar-refractivity contribution in [2.24, 2.45) is 5.73 Å². The summed E-state index contributed by atoms with van der Waals surface area (Å²) < 4.78 is 0. The second-order valence-electron chi connectivity index (χ2n) is 4.11. The number of aromatic nitrogens is 2. The first-order chi connectivity index (χ1) is 9.06. The van der Waals surface area contributed by atoms with E-state index in [1.807, 2.05) is 0 Å². The number of phenols is 2. The molecule has 19 heavy (non-hydrogen) atoms. The van der Waals surface area contributed by atoms with Gasteiger partial charge in [0.2, 0.25) is 5.91 Å². The number of carbonyl (C=O) groups is 1. The van der Waals surface area contributed by atoms with Gasteiger partial charge in [0.05, 0.1) is 17.9 Å². The number of rotatable bonds is 4. The Bertz CT molecular complexity index is 568. The molecule has 0 spiro atoms. The van der Waals surface area contributed by atoms with E-state index in [2.05, 4.69) is 15.5 Å². The number of H-pyrrole nitrogens is 1. The van der Waals surface area contributed by atoms with Gasteiger partial charge in [0.15, 0.2) is 11.5 Å². The zero-order valence-electron chi connectivity index (χ0n) is 10.00. The van der Waals surface area contributed by atoms with Crippen LogP contribution in [0.15, 0.2) is 30.6 Å². The molecule has 2 aromatic rings. The fourth-order valence-corrected chi connectivity index (χ4v) is 1.60. The van der Waals surface area contributed by atoms with E-state index < -0.39 is 6.04 Å². The minimum atomic E-state index is -0.765. The monoisotopic (exact) mass is 262 g/mol. The molecule has 1 aromatic carbocycles. The van der Waals surface area contributed by atoms with Gasteiger partial charge in [-0.3, -0.25) is 9.89 Å². The molecule has 1 amide bonds. The van der Waals surface area contributed by atoms with Crippen LogP contribution < -0.4 is 11.1 Å². The fourth-order valence-electron chi connectivity index (χ4n) is 1.60. The maximum atomic E-state index is 11.8. The Hall–Kier alpha value is -2.54. The molecular formula is C12H14N4O3. The predicted molar refractivity (Wildman–Crippen MR) is 68.7 cm³/mol. The largest absolute Gasteiger partial charge is 0.504 e. The Labute approximate surface area is 109 Å². The summed E-state index contributed by atoms with van der Waals surface area (Å²) in [6.07, 6.45) is 3.26. The van der Waals surface area contributed by atoms with Crippen molar-refractivity contribution in [1.82, 2.24) is 10.2 Å². The standard InChI is InChI=1S/C12H14N4O3/c13-9(12(19)16-8-5-14-15-6-8)3-7-1-2-10(17)11(18)4-7/h1-2,4-6,9,17-18H,3,13H2,(H,14,15)(H,16,19)/t9-/m0/s1. The van der Waals surface area contributed by atoms with Crippen LogP contribution in [0.5, 0.6) is 11.5 Å². The summed E-state index contributed by atoms with van der Waals surface area (Å²) in [5.41, 5.74) is 6.96. The third-order valence-corrected chi connectivity index (χ3v) is 2.60. The molecule has 1 atom stereocenters. The molecule has 0 aliphatic rings. The highest BCUT2D eigenvalue weighted by molar-refractivity contribution is 5.94. The van der Waals surface area contributed by atoms with Crippen LogP contribution in [0.1, 0.15) is 5.56 Å². The van der Waals surface area contributed by atoms with Gasteiger partial charge in [-0.2, -0.15) is 5.10 Å². The Balaban J connectivity index is 1.98. The Morgan fingerprint density at radius 3 is 2.84 bits per heavy atom. The molecule has 0 bridgehead atoms. The maximum absolute atomic E-state index is 11.8. The smallest absolute Gasteiger partial charge is 0.241 e. The van der Waals surface area contributed by atoms with E-state index >= 15 is 0 Å². The van der Waals surface area contributed by atoms with E-state index in [-0.39, 0.29) is 23.8 Å². The lowest BCUT2D eigenvalue weighted by Gasteiger charge is -2.11. The number of anilines is 1. The number of hydrogen-bond donors (Lipinski definition) is 5. The number of nitrogens with zero attached hydrogens (tertiary/aromatic N) is 1. The first-order valence-electron chi connectivity index (χ1n) is 5.62. The lowest BCUT2D eigenvalue weighted by atomic mass is 10.1. The summed E-state index contributed by atoms with van der Waals surface area (Å²) in [7, 11) is 0. The number of nitrogens with one attached hydrogen (secondary N) is 2. The summed E-state index contributed by atoms with van der Waals surface area (Å²) in [5, 5.41) is 27.4. The third-order valence-electron chi connectivity index (χ3n) is 2.60.